The van der Waals surface area contributed by atoms with Gasteiger partial charge in [0.15, 0.2) is 5.78 Å². The van der Waals surface area contributed by atoms with Crippen molar-refractivity contribution < 1.29 is 18.3 Å². The van der Waals surface area contributed by atoms with Crippen LogP contribution in [0, 0.1) is 11.3 Å². The van der Waals surface area contributed by atoms with Gasteiger partial charge in [-0.15, -0.1) is 0 Å². The van der Waals surface area contributed by atoms with Gasteiger partial charge in [0.1, 0.15) is 11.8 Å². The van der Waals surface area contributed by atoms with Crippen molar-refractivity contribution in [2.75, 3.05) is 5.73 Å². The second-order valence-corrected chi connectivity index (χ2v) is 2.95. The Bertz CT molecular complexity index is 467. The van der Waals surface area contributed by atoms with Crippen LogP contribution < -0.4 is 10.5 Å². The number of nitrogen functional groups attached to an aromatic ring is 1. The fourth-order valence-electron chi connectivity index (χ4n) is 1.26. The molecule has 1 aromatic rings. The van der Waals surface area contributed by atoms with Gasteiger partial charge < -0.3 is 10.5 Å². The Labute approximate surface area is 90.2 Å². The molecular weight excluding hydrogens is 218 g/mol. The average molecular weight is 226 g/mol. The topological polar surface area (TPSA) is 76.1 Å². The minimum absolute atomic E-state index is 0.0503. The summed E-state index contributed by atoms with van der Waals surface area (Å²) in [5.41, 5.74) is 5.13. The Morgan fingerprint density at radius 3 is 2.62 bits per heavy atom. The smallest absolute Gasteiger partial charge is 0.387 e. The van der Waals surface area contributed by atoms with E-state index in [4.69, 9.17) is 11.0 Å². The predicted molar refractivity (Wildman–Crippen MR) is 52.2 cm³/mol. The van der Waals surface area contributed by atoms with Crippen molar-refractivity contribution in [1.29, 1.82) is 5.26 Å². The van der Waals surface area contributed by atoms with E-state index in [1.54, 1.807) is 6.07 Å². The third-order valence-corrected chi connectivity index (χ3v) is 1.88. The van der Waals surface area contributed by atoms with Crippen molar-refractivity contribution in [2.24, 2.45) is 0 Å². The van der Waals surface area contributed by atoms with Crippen LogP contribution in [0.25, 0.3) is 0 Å². The molecule has 0 unspecified atom stereocenters. The summed E-state index contributed by atoms with van der Waals surface area (Å²) in [6.45, 7) is -1.92. The van der Waals surface area contributed by atoms with Crippen molar-refractivity contribution >= 4 is 11.5 Å². The van der Waals surface area contributed by atoms with Gasteiger partial charge in [-0.3, -0.25) is 4.79 Å². The minimum Gasteiger partial charge on any atom is -0.434 e. The molecular formula is C10H8F2N2O2. The SMILES string of the molecule is CC(=O)c1c(OC(F)F)ccc(N)c1C#N. The van der Waals surface area contributed by atoms with Crippen LogP contribution in [0.1, 0.15) is 22.8 Å². The van der Waals surface area contributed by atoms with Crippen LogP contribution in [-0.4, -0.2) is 12.4 Å². The number of ether oxygens (including phenoxy) is 1. The minimum atomic E-state index is -3.06. The van der Waals surface area contributed by atoms with Crippen LogP contribution in [0.15, 0.2) is 12.1 Å². The lowest BCUT2D eigenvalue weighted by Crippen LogP contribution is -2.09. The number of ketones is 1. The van der Waals surface area contributed by atoms with Crippen LogP contribution in [-0.2, 0) is 0 Å². The van der Waals surface area contributed by atoms with E-state index in [1.165, 1.54) is 6.07 Å². The zero-order chi connectivity index (χ0) is 12.3. The molecule has 0 atom stereocenters. The standard InChI is InChI=1S/C10H8F2N2O2/c1-5(15)9-6(4-13)7(14)2-3-8(9)16-10(11)12/h2-3,10H,14H2,1H3. The molecule has 0 saturated heterocycles. The van der Waals surface area contributed by atoms with Gasteiger partial charge in [0, 0.05) is 0 Å². The summed E-state index contributed by atoms with van der Waals surface area (Å²) in [6.07, 6.45) is 0. The lowest BCUT2D eigenvalue weighted by Gasteiger charge is -2.11. The Balaban J connectivity index is 3.40. The number of carbonyl (C=O) groups is 1. The molecule has 0 spiro atoms. The largest absolute Gasteiger partial charge is 0.434 e. The molecule has 0 bridgehead atoms. The first kappa shape index (κ1) is 11.9. The van der Waals surface area contributed by atoms with E-state index < -0.39 is 12.4 Å². The highest BCUT2D eigenvalue weighted by Crippen LogP contribution is 2.28. The molecule has 16 heavy (non-hydrogen) atoms. The van der Waals surface area contributed by atoms with Gasteiger partial charge in [-0.05, 0) is 19.1 Å². The summed E-state index contributed by atoms with van der Waals surface area (Å²) in [5.74, 6) is -0.896. The number of Topliss-reactive ketones (excluding diaryl/α,β-unsaturated/α-hetero) is 1. The number of nitriles is 1. The molecule has 0 radical (unpaired) electrons. The summed E-state index contributed by atoms with van der Waals surface area (Å²) in [6, 6.07) is 4.06. The summed E-state index contributed by atoms with van der Waals surface area (Å²) in [4.78, 5) is 11.2. The lowest BCUT2D eigenvalue weighted by molar-refractivity contribution is -0.0501. The number of hydrogen-bond donors (Lipinski definition) is 1. The quantitative estimate of drug-likeness (QED) is 0.631. The number of nitrogens with zero attached hydrogens (tertiary/aromatic N) is 1. The number of carbonyl (C=O) groups excluding carboxylic acids is 1. The molecule has 0 aliphatic heterocycles. The fourth-order valence-corrected chi connectivity index (χ4v) is 1.26. The lowest BCUT2D eigenvalue weighted by atomic mass is 10.0. The van der Waals surface area contributed by atoms with Crippen LogP contribution in [0.3, 0.4) is 0 Å². The van der Waals surface area contributed by atoms with Crippen LogP contribution in [0.2, 0.25) is 0 Å². The van der Waals surface area contributed by atoms with Crippen molar-refractivity contribution in [1.82, 2.24) is 0 Å². The van der Waals surface area contributed by atoms with Gasteiger partial charge in [0.25, 0.3) is 0 Å². The number of halogens is 2. The van der Waals surface area contributed by atoms with Gasteiger partial charge in [-0.2, -0.15) is 14.0 Å². The third kappa shape index (κ3) is 2.25. The first-order chi connectivity index (χ1) is 7.47. The number of anilines is 1. The van der Waals surface area contributed by atoms with Gasteiger partial charge in [0.2, 0.25) is 0 Å². The number of alkyl halides is 2. The highest BCUT2D eigenvalue weighted by atomic mass is 19.3. The molecule has 0 amide bonds. The van der Waals surface area contributed by atoms with Crippen LogP contribution in [0.5, 0.6) is 5.75 Å². The maximum atomic E-state index is 12.1. The number of hydrogen-bond acceptors (Lipinski definition) is 4. The molecule has 0 aromatic heterocycles. The molecule has 0 heterocycles. The van der Waals surface area contributed by atoms with Crippen molar-refractivity contribution in [3.63, 3.8) is 0 Å². The average Bonchev–Trinajstić information content (AvgIpc) is 2.18. The first-order valence-corrected chi connectivity index (χ1v) is 4.25. The van der Waals surface area contributed by atoms with E-state index in [0.717, 1.165) is 13.0 Å². The van der Waals surface area contributed by atoms with Gasteiger partial charge >= 0.3 is 6.61 Å². The van der Waals surface area contributed by atoms with Gasteiger partial charge in [-0.25, -0.2) is 0 Å². The molecule has 2 N–H and O–H groups in total. The summed E-state index contributed by atoms with van der Waals surface area (Å²) >= 11 is 0. The third-order valence-electron chi connectivity index (χ3n) is 1.88. The molecule has 84 valence electrons. The number of benzene rings is 1. The molecule has 6 heteroatoms. The van der Waals surface area contributed by atoms with E-state index in [1.807, 2.05) is 0 Å². The Hall–Kier alpha value is -2.16. The van der Waals surface area contributed by atoms with Crippen molar-refractivity contribution in [2.45, 2.75) is 13.5 Å². The molecule has 1 aromatic carbocycles. The maximum Gasteiger partial charge on any atom is 0.387 e. The van der Waals surface area contributed by atoms with Gasteiger partial charge in [-0.1, -0.05) is 0 Å². The van der Waals surface area contributed by atoms with Crippen molar-refractivity contribution in [3.8, 4) is 11.8 Å². The second-order valence-electron chi connectivity index (χ2n) is 2.95. The van der Waals surface area contributed by atoms with E-state index in [9.17, 15) is 13.6 Å². The maximum absolute atomic E-state index is 12.1. The highest BCUT2D eigenvalue weighted by molar-refractivity contribution is 6.00. The van der Waals surface area contributed by atoms with Gasteiger partial charge in [0.05, 0.1) is 16.8 Å². The second kappa shape index (κ2) is 4.57. The molecule has 0 aliphatic rings. The van der Waals surface area contributed by atoms with Crippen LogP contribution in [0.4, 0.5) is 14.5 Å². The van der Waals surface area contributed by atoms with E-state index in [0.29, 0.717) is 0 Å². The molecule has 0 aliphatic carbocycles. The summed E-state index contributed by atoms with van der Waals surface area (Å²) < 4.78 is 28.2. The number of rotatable bonds is 3. The Morgan fingerprint density at radius 2 is 2.19 bits per heavy atom. The highest BCUT2D eigenvalue weighted by Gasteiger charge is 2.19. The zero-order valence-corrected chi connectivity index (χ0v) is 8.33. The van der Waals surface area contributed by atoms with Crippen LogP contribution >= 0.6 is 0 Å². The molecule has 0 saturated carbocycles. The molecule has 4 nitrogen and oxygen atoms in total. The number of nitrogens with two attached hydrogens (primary N) is 1. The summed E-state index contributed by atoms with van der Waals surface area (Å²) in [5, 5.41) is 8.78. The van der Waals surface area contributed by atoms with E-state index in [2.05, 4.69) is 4.74 Å². The normalized spacial score (nSPS) is 9.94. The predicted octanol–water partition coefficient (Wildman–Crippen LogP) is 1.94. The monoisotopic (exact) mass is 226 g/mol. The summed E-state index contributed by atoms with van der Waals surface area (Å²) in [7, 11) is 0. The Morgan fingerprint density at radius 1 is 1.56 bits per heavy atom. The van der Waals surface area contributed by atoms with E-state index in [-0.39, 0.29) is 22.6 Å². The molecule has 0 fully saturated rings. The molecule has 1 rings (SSSR count). The Kier molecular flexibility index (Phi) is 3.40. The van der Waals surface area contributed by atoms with E-state index >= 15 is 0 Å². The zero-order valence-electron chi connectivity index (χ0n) is 8.33. The fraction of sp³-hybridized carbons (Fsp3) is 0.200. The van der Waals surface area contributed by atoms with Crippen molar-refractivity contribution in [3.05, 3.63) is 23.3 Å². The first-order valence-electron chi connectivity index (χ1n) is 4.25.